The molecule has 0 saturated heterocycles. The molecule has 0 saturated carbocycles. The predicted octanol–water partition coefficient (Wildman–Crippen LogP) is 5.13. The fraction of sp³-hybridized carbons (Fsp3) is 0.0455. The number of amides is 2. The summed E-state index contributed by atoms with van der Waals surface area (Å²) in [5.41, 5.74) is 3.01. The van der Waals surface area contributed by atoms with Crippen LogP contribution >= 0.6 is 34.3 Å². The number of fused-ring (bicyclic) bond motifs is 2. The Morgan fingerprint density at radius 2 is 1.94 bits per heavy atom. The van der Waals surface area contributed by atoms with Crippen molar-refractivity contribution in [2.24, 2.45) is 0 Å². The number of carbonyl (C=O) groups is 1. The van der Waals surface area contributed by atoms with Crippen molar-refractivity contribution in [2.45, 2.75) is 11.1 Å². The minimum absolute atomic E-state index is 0.0415. The monoisotopic (exact) mass is 530 g/mol. The van der Waals surface area contributed by atoms with E-state index in [0.717, 1.165) is 31.8 Å². The lowest BCUT2D eigenvalue weighted by Gasteiger charge is -2.12. The molecule has 2 N–H and O–H groups in total. The van der Waals surface area contributed by atoms with Gasteiger partial charge in [0.15, 0.2) is 0 Å². The summed E-state index contributed by atoms with van der Waals surface area (Å²) in [5.74, 6) is 0. The van der Waals surface area contributed by atoms with Crippen molar-refractivity contribution in [3.8, 4) is 5.69 Å². The fourth-order valence-corrected chi connectivity index (χ4v) is 6.61. The largest absolute Gasteiger partial charge is 0.333 e. The van der Waals surface area contributed by atoms with Crippen LogP contribution < -0.4 is 15.6 Å². The van der Waals surface area contributed by atoms with E-state index in [2.05, 4.69) is 10.3 Å². The van der Waals surface area contributed by atoms with E-state index in [1.54, 1.807) is 30.8 Å². The average Bonchev–Trinajstić information content (AvgIpc) is 3.42. The quantitative estimate of drug-likeness (QED) is 0.334. The second kappa shape index (κ2) is 8.51. The Bertz CT molecular complexity index is 1760. The molecule has 0 radical (unpaired) electrons. The molecule has 34 heavy (non-hydrogen) atoms. The SMILES string of the molecule is Cc1ccc(S(=O)(=O)NC(=O)Nc2ccc(-n3ccc4cc5ncsc5cc4c3=O)c(Cl)c2)s1. The topological polar surface area (TPSA) is 110 Å². The molecule has 2 aromatic carbocycles. The zero-order valence-electron chi connectivity index (χ0n) is 17.4. The van der Waals surface area contributed by atoms with Crippen LogP contribution in [-0.2, 0) is 10.0 Å². The molecule has 0 aliphatic carbocycles. The number of halogens is 1. The van der Waals surface area contributed by atoms with Crippen LogP contribution in [0.2, 0.25) is 5.02 Å². The maximum Gasteiger partial charge on any atom is 0.333 e. The number of hydrogen-bond donors (Lipinski definition) is 2. The molecule has 172 valence electrons. The van der Waals surface area contributed by atoms with Gasteiger partial charge in [-0.2, -0.15) is 0 Å². The van der Waals surface area contributed by atoms with Crippen molar-refractivity contribution in [1.29, 1.82) is 0 Å². The lowest BCUT2D eigenvalue weighted by atomic mass is 10.1. The summed E-state index contributed by atoms with van der Waals surface area (Å²) in [6.07, 6.45) is 1.62. The number of rotatable bonds is 4. The number of thiophene rings is 1. The third-order valence-corrected chi connectivity index (χ3v) is 8.95. The Morgan fingerprint density at radius 1 is 1.12 bits per heavy atom. The standard InChI is InChI=1S/C22H15ClN4O4S3/c1-12-2-5-20(33-12)34(30,31)26-22(29)25-14-3-4-18(16(23)9-14)27-7-6-13-8-17-19(32-11-24-17)10-15(13)21(27)28/h2-11H,1H3,(H2,25,26,29). The molecule has 3 heterocycles. The zero-order valence-corrected chi connectivity index (χ0v) is 20.6. The number of carbonyl (C=O) groups excluding carboxylic acids is 1. The molecule has 0 aliphatic rings. The number of urea groups is 1. The first-order valence-corrected chi connectivity index (χ1v) is 13.4. The number of benzene rings is 2. The first-order chi connectivity index (χ1) is 16.2. The van der Waals surface area contributed by atoms with Crippen LogP contribution in [0.15, 0.2) is 69.2 Å². The Kier molecular flexibility index (Phi) is 5.64. The summed E-state index contributed by atoms with van der Waals surface area (Å²) in [4.78, 5) is 30.5. The second-order valence-electron chi connectivity index (χ2n) is 7.34. The van der Waals surface area contributed by atoms with Crippen LogP contribution in [0.1, 0.15) is 4.88 Å². The summed E-state index contributed by atoms with van der Waals surface area (Å²) in [5, 5.41) is 3.96. The van der Waals surface area contributed by atoms with Gasteiger partial charge in [-0.1, -0.05) is 11.6 Å². The van der Waals surface area contributed by atoms with E-state index in [1.807, 2.05) is 22.9 Å². The Balaban J connectivity index is 1.41. The van der Waals surface area contributed by atoms with Gasteiger partial charge in [-0.25, -0.2) is 22.9 Å². The van der Waals surface area contributed by atoms with E-state index < -0.39 is 16.1 Å². The van der Waals surface area contributed by atoms with Gasteiger partial charge in [-0.3, -0.25) is 9.36 Å². The van der Waals surface area contributed by atoms with Gasteiger partial charge >= 0.3 is 6.03 Å². The summed E-state index contributed by atoms with van der Waals surface area (Å²) in [7, 11) is -3.98. The number of aryl methyl sites for hydroxylation is 1. The number of sulfonamides is 1. The molecule has 5 rings (SSSR count). The smallest absolute Gasteiger partial charge is 0.307 e. The van der Waals surface area contributed by atoms with Gasteiger partial charge in [0.05, 0.1) is 26.4 Å². The van der Waals surface area contributed by atoms with Crippen LogP contribution in [0.25, 0.3) is 26.7 Å². The maximum atomic E-state index is 13.1. The van der Waals surface area contributed by atoms with Crippen LogP contribution in [0.3, 0.4) is 0 Å². The average molecular weight is 531 g/mol. The van der Waals surface area contributed by atoms with E-state index in [4.69, 9.17) is 11.6 Å². The molecule has 0 spiro atoms. The Labute approximate surface area is 206 Å². The summed E-state index contributed by atoms with van der Waals surface area (Å²) >= 11 is 8.94. The van der Waals surface area contributed by atoms with Crippen molar-refractivity contribution < 1.29 is 13.2 Å². The number of hydrogen-bond acceptors (Lipinski definition) is 7. The molecule has 0 atom stereocenters. The van der Waals surface area contributed by atoms with Crippen molar-refractivity contribution in [3.63, 3.8) is 0 Å². The number of aromatic nitrogens is 2. The summed E-state index contributed by atoms with van der Waals surface area (Å²) in [6, 6.07) is 12.2. The van der Waals surface area contributed by atoms with Crippen molar-refractivity contribution in [1.82, 2.24) is 14.3 Å². The molecule has 0 aliphatic heterocycles. The summed E-state index contributed by atoms with van der Waals surface area (Å²) < 4.78 is 29.0. The minimum Gasteiger partial charge on any atom is -0.307 e. The Hall–Kier alpha value is -3.25. The van der Waals surface area contributed by atoms with Gasteiger partial charge in [0.25, 0.3) is 15.6 Å². The first-order valence-electron chi connectivity index (χ1n) is 9.80. The van der Waals surface area contributed by atoms with Crippen LogP contribution in [0.4, 0.5) is 10.5 Å². The van der Waals surface area contributed by atoms with E-state index in [0.29, 0.717) is 11.1 Å². The fourth-order valence-electron chi connectivity index (χ4n) is 3.45. The molecule has 0 fully saturated rings. The maximum absolute atomic E-state index is 13.1. The Morgan fingerprint density at radius 3 is 2.68 bits per heavy atom. The molecule has 0 unspecified atom stereocenters. The third-order valence-electron chi connectivity index (χ3n) is 5.03. The molecule has 2 amide bonds. The van der Waals surface area contributed by atoms with E-state index in [-0.39, 0.29) is 20.5 Å². The van der Waals surface area contributed by atoms with Gasteiger partial charge < -0.3 is 5.32 Å². The minimum atomic E-state index is -3.98. The second-order valence-corrected chi connectivity index (χ2v) is 11.8. The number of thiazole rings is 1. The van der Waals surface area contributed by atoms with Gasteiger partial charge in [0.2, 0.25) is 0 Å². The number of anilines is 1. The highest BCUT2D eigenvalue weighted by Crippen LogP contribution is 2.27. The number of nitrogens with zero attached hydrogens (tertiary/aromatic N) is 2. The van der Waals surface area contributed by atoms with Crippen molar-refractivity contribution in [2.75, 3.05) is 5.32 Å². The van der Waals surface area contributed by atoms with Crippen molar-refractivity contribution >= 4 is 77.0 Å². The van der Waals surface area contributed by atoms with Crippen LogP contribution in [-0.4, -0.2) is 24.0 Å². The highest BCUT2D eigenvalue weighted by molar-refractivity contribution is 7.92. The van der Waals surface area contributed by atoms with Crippen LogP contribution in [0, 0.1) is 6.92 Å². The van der Waals surface area contributed by atoms with Crippen molar-refractivity contribution in [3.05, 3.63) is 80.5 Å². The van der Waals surface area contributed by atoms with Gasteiger partial charge in [-0.15, -0.1) is 22.7 Å². The van der Waals surface area contributed by atoms with Crippen LogP contribution in [0.5, 0.6) is 0 Å². The highest BCUT2D eigenvalue weighted by Gasteiger charge is 2.20. The van der Waals surface area contributed by atoms with E-state index in [9.17, 15) is 18.0 Å². The molecule has 3 aromatic heterocycles. The first kappa shape index (κ1) is 22.5. The van der Waals surface area contributed by atoms with Gasteiger partial charge in [0, 0.05) is 22.1 Å². The predicted molar refractivity (Wildman–Crippen MR) is 136 cm³/mol. The molecular weight excluding hydrogens is 516 g/mol. The lowest BCUT2D eigenvalue weighted by Crippen LogP contribution is -2.33. The molecule has 5 aromatic rings. The number of nitrogens with one attached hydrogen (secondary N) is 2. The molecule has 12 heteroatoms. The lowest BCUT2D eigenvalue weighted by molar-refractivity contribution is 0.256. The normalized spacial score (nSPS) is 11.7. The molecule has 8 nitrogen and oxygen atoms in total. The summed E-state index contributed by atoms with van der Waals surface area (Å²) in [6.45, 7) is 1.77. The third kappa shape index (κ3) is 4.18. The number of pyridine rings is 1. The van der Waals surface area contributed by atoms with Gasteiger partial charge in [0.1, 0.15) is 4.21 Å². The highest BCUT2D eigenvalue weighted by atomic mass is 35.5. The molecular formula is C22H15ClN4O4S3. The molecule has 0 bridgehead atoms. The zero-order chi connectivity index (χ0) is 24.0. The van der Waals surface area contributed by atoms with E-state index in [1.165, 1.54) is 34.1 Å². The van der Waals surface area contributed by atoms with E-state index >= 15 is 0 Å². The van der Waals surface area contributed by atoms with Gasteiger partial charge in [-0.05, 0) is 60.8 Å².